The highest BCUT2D eigenvalue weighted by Crippen LogP contribution is 2.24. The van der Waals surface area contributed by atoms with Gasteiger partial charge in [0.2, 0.25) is 0 Å². The molecule has 1 N–H and O–H groups in total. The Labute approximate surface area is 210 Å². The summed E-state index contributed by atoms with van der Waals surface area (Å²) in [7, 11) is 0. The highest BCUT2D eigenvalue weighted by Gasteiger charge is 2.15. The lowest BCUT2D eigenvalue weighted by Gasteiger charge is -2.33. The molecule has 4 heterocycles. The summed E-state index contributed by atoms with van der Waals surface area (Å²) in [4.78, 5) is 9.35. The fourth-order valence-corrected chi connectivity index (χ4v) is 4.14. The standard InChI is InChI=1S/C24H27N5O3.2ClH/c1-2-27-8-10-28(11-9-27)12-13-31-19-5-6-23-20(15-19)21(26-30)16-24(32-23)22-14-18-4-3-7-29(18)17-25-22;;/h3-7,14-17,30H,2,8-13H2,1H3;2*1H. The Morgan fingerprint density at radius 2 is 1.85 bits per heavy atom. The zero-order valence-corrected chi connectivity index (χ0v) is 20.6. The molecule has 182 valence electrons. The second-order valence-corrected chi connectivity index (χ2v) is 7.99. The fraction of sp³-hybridized carbons (Fsp3) is 0.333. The Kier molecular flexibility index (Phi) is 8.79. The van der Waals surface area contributed by atoms with E-state index in [0.29, 0.717) is 34.4 Å². The Bertz CT molecular complexity index is 1300. The number of hydrogen-bond donors (Lipinski definition) is 1. The average Bonchev–Trinajstić information content (AvgIpc) is 3.32. The van der Waals surface area contributed by atoms with Crippen molar-refractivity contribution in [3.8, 4) is 17.2 Å². The number of ether oxygens (including phenoxy) is 1. The van der Waals surface area contributed by atoms with Gasteiger partial charge in [0.15, 0.2) is 5.76 Å². The first-order valence-corrected chi connectivity index (χ1v) is 11.0. The molecule has 1 saturated heterocycles. The van der Waals surface area contributed by atoms with Gasteiger partial charge in [-0.1, -0.05) is 12.1 Å². The lowest BCUT2D eigenvalue weighted by molar-refractivity contribution is 0.121. The van der Waals surface area contributed by atoms with Crippen molar-refractivity contribution in [2.24, 2.45) is 5.16 Å². The molecule has 4 aromatic rings. The topological polar surface area (TPSA) is 78.7 Å². The maximum absolute atomic E-state index is 9.63. The van der Waals surface area contributed by atoms with Crippen molar-refractivity contribution < 1.29 is 14.4 Å². The average molecular weight is 506 g/mol. The number of fused-ring (bicyclic) bond motifs is 2. The molecule has 0 saturated carbocycles. The Hall–Kier alpha value is -2.78. The molecule has 0 unspecified atom stereocenters. The zero-order chi connectivity index (χ0) is 21.9. The van der Waals surface area contributed by atoms with E-state index in [2.05, 4.69) is 26.9 Å². The van der Waals surface area contributed by atoms with Crippen molar-refractivity contribution in [3.05, 3.63) is 60.3 Å². The van der Waals surface area contributed by atoms with Crippen molar-refractivity contribution in [3.63, 3.8) is 0 Å². The van der Waals surface area contributed by atoms with E-state index in [1.165, 1.54) is 0 Å². The molecule has 1 aromatic carbocycles. The molecule has 34 heavy (non-hydrogen) atoms. The number of benzene rings is 1. The van der Waals surface area contributed by atoms with Crippen LogP contribution in [0.1, 0.15) is 6.92 Å². The summed E-state index contributed by atoms with van der Waals surface area (Å²) in [6, 6.07) is 13.2. The van der Waals surface area contributed by atoms with Gasteiger partial charge >= 0.3 is 0 Å². The van der Waals surface area contributed by atoms with Crippen LogP contribution in [0.15, 0.2) is 64.6 Å². The SMILES string of the molecule is CCN1CCN(CCOc2ccc3oc(-c4cc5cccn5cn4)cc(=NO)c3c2)CC1.Cl.Cl. The molecular weight excluding hydrogens is 477 g/mol. The normalized spacial score (nSPS) is 15.3. The van der Waals surface area contributed by atoms with Crippen molar-refractivity contribution in [1.82, 2.24) is 19.2 Å². The van der Waals surface area contributed by atoms with Gasteiger partial charge in [0.25, 0.3) is 0 Å². The second kappa shape index (κ2) is 11.6. The van der Waals surface area contributed by atoms with Gasteiger partial charge in [-0.05, 0) is 42.9 Å². The number of halogens is 2. The van der Waals surface area contributed by atoms with Gasteiger partial charge in [-0.25, -0.2) is 4.98 Å². The van der Waals surface area contributed by atoms with E-state index in [9.17, 15) is 5.21 Å². The van der Waals surface area contributed by atoms with E-state index in [4.69, 9.17) is 9.15 Å². The lowest BCUT2D eigenvalue weighted by Crippen LogP contribution is -2.47. The van der Waals surface area contributed by atoms with Crippen LogP contribution in [0, 0.1) is 0 Å². The molecule has 5 rings (SSSR count). The van der Waals surface area contributed by atoms with Crippen molar-refractivity contribution in [1.29, 1.82) is 0 Å². The van der Waals surface area contributed by atoms with Crippen LogP contribution in [-0.2, 0) is 0 Å². The summed E-state index contributed by atoms with van der Waals surface area (Å²) in [5, 5.41) is 14.2. The van der Waals surface area contributed by atoms with Gasteiger partial charge in [-0.3, -0.25) is 4.90 Å². The predicted molar refractivity (Wildman–Crippen MR) is 136 cm³/mol. The third kappa shape index (κ3) is 5.47. The monoisotopic (exact) mass is 505 g/mol. The number of hydrogen-bond acceptors (Lipinski definition) is 7. The number of likely N-dealkylation sites (N-methyl/N-ethyl adjacent to an activating group) is 1. The second-order valence-electron chi connectivity index (χ2n) is 7.99. The fourth-order valence-electron chi connectivity index (χ4n) is 4.14. The largest absolute Gasteiger partial charge is 0.492 e. The molecule has 1 aliphatic heterocycles. The van der Waals surface area contributed by atoms with E-state index < -0.39 is 0 Å². The quantitative estimate of drug-likeness (QED) is 0.316. The zero-order valence-electron chi connectivity index (χ0n) is 19.0. The summed E-state index contributed by atoms with van der Waals surface area (Å²) in [6.07, 6.45) is 3.67. The molecule has 8 nitrogen and oxygen atoms in total. The third-order valence-electron chi connectivity index (χ3n) is 6.08. The molecule has 1 fully saturated rings. The minimum atomic E-state index is 0. The minimum Gasteiger partial charge on any atom is -0.492 e. The first kappa shape index (κ1) is 25.8. The van der Waals surface area contributed by atoms with Gasteiger partial charge in [0.1, 0.15) is 29.0 Å². The maximum atomic E-state index is 9.63. The molecule has 0 atom stereocenters. The maximum Gasteiger partial charge on any atom is 0.155 e. The van der Waals surface area contributed by atoms with Crippen LogP contribution in [0.25, 0.3) is 27.9 Å². The number of aromatic nitrogens is 2. The molecule has 1 aliphatic rings. The Morgan fingerprint density at radius 1 is 1.06 bits per heavy atom. The van der Waals surface area contributed by atoms with Crippen LogP contribution in [0.3, 0.4) is 0 Å². The molecular formula is C24H29Cl2N5O3. The third-order valence-corrected chi connectivity index (χ3v) is 6.08. The van der Waals surface area contributed by atoms with Crippen LogP contribution < -0.4 is 10.1 Å². The van der Waals surface area contributed by atoms with Crippen LogP contribution in [-0.4, -0.2) is 70.3 Å². The van der Waals surface area contributed by atoms with Crippen molar-refractivity contribution in [2.75, 3.05) is 45.9 Å². The molecule has 0 aliphatic carbocycles. The number of nitrogens with zero attached hydrogens (tertiary/aromatic N) is 5. The smallest absolute Gasteiger partial charge is 0.155 e. The molecule has 0 spiro atoms. The molecule has 0 radical (unpaired) electrons. The van der Waals surface area contributed by atoms with Crippen molar-refractivity contribution in [2.45, 2.75) is 6.92 Å². The molecule has 0 bridgehead atoms. The van der Waals surface area contributed by atoms with E-state index in [1.807, 2.05) is 47.0 Å². The van der Waals surface area contributed by atoms with E-state index in [-0.39, 0.29) is 24.8 Å². The Morgan fingerprint density at radius 3 is 2.62 bits per heavy atom. The summed E-state index contributed by atoms with van der Waals surface area (Å²) >= 11 is 0. The van der Waals surface area contributed by atoms with Crippen LogP contribution in [0.4, 0.5) is 0 Å². The van der Waals surface area contributed by atoms with Crippen LogP contribution >= 0.6 is 24.8 Å². The van der Waals surface area contributed by atoms with E-state index in [0.717, 1.165) is 50.5 Å². The van der Waals surface area contributed by atoms with Gasteiger partial charge < -0.3 is 23.7 Å². The van der Waals surface area contributed by atoms with Crippen LogP contribution in [0.2, 0.25) is 0 Å². The molecule has 3 aromatic heterocycles. The highest BCUT2D eigenvalue weighted by atomic mass is 35.5. The summed E-state index contributed by atoms with van der Waals surface area (Å²) in [5.41, 5.74) is 2.29. The summed E-state index contributed by atoms with van der Waals surface area (Å²) in [5.74, 6) is 1.26. The molecule has 0 amide bonds. The lowest BCUT2D eigenvalue weighted by atomic mass is 10.2. The van der Waals surface area contributed by atoms with E-state index >= 15 is 0 Å². The van der Waals surface area contributed by atoms with Crippen molar-refractivity contribution >= 4 is 41.3 Å². The summed E-state index contributed by atoms with van der Waals surface area (Å²) in [6.45, 7) is 9.21. The van der Waals surface area contributed by atoms with Gasteiger partial charge in [0.05, 0.1) is 11.7 Å². The van der Waals surface area contributed by atoms with Gasteiger partial charge in [0, 0.05) is 50.5 Å². The number of rotatable bonds is 6. The highest BCUT2D eigenvalue weighted by molar-refractivity contribution is 5.85. The van der Waals surface area contributed by atoms with Gasteiger partial charge in [-0.15, -0.1) is 24.8 Å². The number of piperazine rings is 1. The molecule has 10 heteroatoms. The first-order chi connectivity index (χ1) is 15.7. The predicted octanol–water partition coefficient (Wildman–Crippen LogP) is 3.90. The minimum absolute atomic E-state index is 0. The van der Waals surface area contributed by atoms with E-state index in [1.54, 1.807) is 12.4 Å². The summed E-state index contributed by atoms with van der Waals surface area (Å²) < 4.78 is 14.0. The van der Waals surface area contributed by atoms with Gasteiger partial charge in [-0.2, -0.15) is 0 Å². The first-order valence-electron chi connectivity index (χ1n) is 11.0. The van der Waals surface area contributed by atoms with Crippen LogP contribution in [0.5, 0.6) is 5.75 Å². The Balaban J connectivity index is 0.00000162.